The van der Waals surface area contributed by atoms with Gasteiger partial charge >= 0.3 is 0 Å². The van der Waals surface area contributed by atoms with Crippen molar-refractivity contribution in [3.63, 3.8) is 0 Å². The quantitative estimate of drug-likeness (QED) is 0.685. The lowest BCUT2D eigenvalue weighted by molar-refractivity contribution is 0.0632. The lowest BCUT2D eigenvalue weighted by Crippen LogP contribution is -2.42. The normalized spacial score (nSPS) is 16.6. The second-order valence-corrected chi connectivity index (χ2v) is 7.19. The number of nitrogens with two attached hydrogens (primary N) is 1. The molecule has 0 unspecified atom stereocenters. The van der Waals surface area contributed by atoms with Gasteiger partial charge < -0.3 is 10.6 Å². The number of nitrogen functional groups attached to an aromatic ring is 1. The van der Waals surface area contributed by atoms with Crippen LogP contribution in [0.3, 0.4) is 0 Å². The van der Waals surface area contributed by atoms with Crippen LogP contribution in [0.25, 0.3) is 5.69 Å². The number of aryl methyl sites for hydroxylation is 1. The number of amides is 1. The minimum absolute atomic E-state index is 0.0860. The highest BCUT2D eigenvalue weighted by atomic mass is 16.2. The Balaban J connectivity index is 1.51. The highest BCUT2D eigenvalue weighted by Crippen LogP contribution is 2.25. The maximum atomic E-state index is 13.1. The monoisotopic (exact) mass is 390 g/mol. The third kappa shape index (κ3) is 3.73. The number of carbonyl (C=O) groups excluding carboxylic acids is 2. The number of piperidine rings is 1. The highest BCUT2D eigenvalue weighted by Gasteiger charge is 2.32. The van der Waals surface area contributed by atoms with E-state index in [-0.39, 0.29) is 17.6 Å². The molecule has 3 aromatic rings. The summed E-state index contributed by atoms with van der Waals surface area (Å²) in [6.07, 6.45) is 6.01. The van der Waals surface area contributed by atoms with Crippen LogP contribution in [0.15, 0.2) is 48.9 Å². The standard InChI is InChI=1S/C21H22N6O2/c1-14-10-24-18(12-23-14)21(29)26-9-5-6-15(13-26)19(28)17-11-25-27(20(17)22)16-7-3-2-4-8-16/h2-4,7-8,10-12,15H,5-6,9,13,22H2,1H3/t15-/m1/s1. The number of ketones is 1. The SMILES string of the molecule is Cc1cnc(C(=O)N2CCC[C@@H](C(=O)c3cnn(-c4ccccc4)c3N)C2)cn1. The fraction of sp³-hybridized carbons (Fsp3) is 0.286. The first-order valence-corrected chi connectivity index (χ1v) is 9.55. The number of likely N-dealkylation sites (tertiary alicyclic amines) is 1. The first-order chi connectivity index (χ1) is 14.0. The van der Waals surface area contributed by atoms with Crippen molar-refractivity contribution in [3.8, 4) is 5.69 Å². The van der Waals surface area contributed by atoms with Gasteiger partial charge in [-0.05, 0) is 31.9 Å². The molecule has 0 saturated carbocycles. The maximum Gasteiger partial charge on any atom is 0.274 e. The summed E-state index contributed by atoms with van der Waals surface area (Å²) in [5.41, 5.74) is 8.45. The van der Waals surface area contributed by atoms with E-state index < -0.39 is 0 Å². The zero-order valence-electron chi connectivity index (χ0n) is 16.2. The number of hydrogen-bond donors (Lipinski definition) is 1. The van der Waals surface area contributed by atoms with Crippen molar-refractivity contribution in [2.75, 3.05) is 18.8 Å². The third-order valence-corrected chi connectivity index (χ3v) is 5.15. The van der Waals surface area contributed by atoms with Crippen molar-refractivity contribution in [2.45, 2.75) is 19.8 Å². The molecule has 0 bridgehead atoms. The van der Waals surface area contributed by atoms with Crippen molar-refractivity contribution in [1.82, 2.24) is 24.6 Å². The zero-order chi connectivity index (χ0) is 20.4. The Bertz CT molecular complexity index is 1030. The smallest absolute Gasteiger partial charge is 0.274 e. The lowest BCUT2D eigenvalue weighted by atomic mass is 9.90. The van der Waals surface area contributed by atoms with Crippen molar-refractivity contribution in [3.05, 3.63) is 65.9 Å². The van der Waals surface area contributed by atoms with E-state index in [1.807, 2.05) is 37.3 Å². The van der Waals surface area contributed by atoms with E-state index in [4.69, 9.17) is 5.73 Å². The van der Waals surface area contributed by atoms with Crippen LogP contribution < -0.4 is 5.73 Å². The fourth-order valence-corrected chi connectivity index (χ4v) is 3.58. The average molecular weight is 390 g/mol. The number of aromatic nitrogens is 4. The Kier molecular flexibility index (Phi) is 5.07. The van der Waals surface area contributed by atoms with Crippen LogP contribution >= 0.6 is 0 Å². The van der Waals surface area contributed by atoms with E-state index in [1.54, 1.807) is 15.8 Å². The van der Waals surface area contributed by atoms with Gasteiger partial charge in [0.1, 0.15) is 11.5 Å². The van der Waals surface area contributed by atoms with Gasteiger partial charge in [0.2, 0.25) is 0 Å². The Labute approximate surface area is 168 Å². The summed E-state index contributed by atoms with van der Waals surface area (Å²) >= 11 is 0. The number of hydrogen-bond acceptors (Lipinski definition) is 6. The van der Waals surface area contributed by atoms with Gasteiger partial charge in [-0.25, -0.2) is 9.67 Å². The van der Waals surface area contributed by atoms with Gasteiger partial charge in [-0.15, -0.1) is 0 Å². The van der Waals surface area contributed by atoms with Crippen molar-refractivity contribution in [2.24, 2.45) is 5.92 Å². The topological polar surface area (TPSA) is 107 Å². The molecule has 1 amide bonds. The van der Waals surface area contributed by atoms with Crippen LogP contribution in [0.1, 0.15) is 39.4 Å². The Morgan fingerprint density at radius 2 is 1.90 bits per heavy atom. The summed E-state index contributed by atoms with van der Waals surface area (Å²) in [5.74, 6) is -0.295. The minimum Gasteiger partial charge on any atom is -0.383 e. The number of Topliss-reactive ketones (excluding diaryl/α,β-unsaturated/α-hetero) is 1. The Morgan fingerprint density at radius 1 is 1.10 bits per heavy atom. The van der Waals surface area contributed by atoms with Crippen LogP contribution in [-0.4, -0.2) is 49.4 Å². The number of benzene rings is 1. The lowest BCUT2D eigenvalue weighted by Gasteiger charge is -2.31. The molecule has 2 N–H and O–H groups in total. The molecular formula is C21H22N6O2. The molecule has 1 aliphatic heterocycles. The molecule has 0 aliphatic carbocycles. The summed E-state index contributed by atoms with van der Waals surface area (Å²) in [6, 6.07) is 9.43. The first-order valence-electron chi connectivity index (χ1n) is 9.55. The van der Waals surface area contributed by atoms with Gasteiger partial charge in [-0.1, -0.05) is 18.2 Å². The van der Waals surface area contributed by atoms with Gasteiger partial charge in [0.05, 0.1) is 29.3 Å². The van der Waals surface area contributed by atoms with Gasteiger partial charge in [-0.2, -0.15) is 5.10 Å². The molecule has 8 heteroatoms. The molecule has 2 aromatic heterocycles. The highest BCUT2D eigenvalue weighted by molar-refractivity contribution is 6.02. The zero-order valence-corrected chi connectivity index (χ0v) is 16.2. The number of rotatable bonds is 4. The van der Waals surface area contributed by atoms with Gasteiger partial charge in [-0.3, -0.25) is 14.6 Å². The van der Waals surface area contributed by atoms with E-state index in [0.29, 0.717) is 36.6 Å². The van der Waals surface area contributed by atoms with E-state index in [0.717, 1.165) is 17.8 Å². The molecule has 4 rings (SSSR count). The molecule has 0 spiro atoms. The predicted molar refractivity (Wildman–Crippen MR) is 108 cm³/mol. The van der Waals surface area contributed by atoms with Crippen LogP contribution in [-0.2, 0) is 0 Å². The summed E-state index contributed by atoms with van der Waals surface area (Å²) in [5, 5.41) is 4.28. The van der Waals surface area contributed by atoms with Gasteiger partial charge in [0.25, 0.3) is 5.91 Å². The minimum atomic E-state index is -0.318. The summed E-state index contributed by atoms with van der Waals surface area (Å²) in [6.45, 7) is 2.75. The summed E-state index contributed by atoms with van der Waals surface area (Å²) in [4.78, 5) is 35.8. The second-order valence-electron chi connectivity index (χ2n) is 7.19. The van der Waals surface area contributed by atoms with Gasteiger partial charge in [0, 0.05) is 25.2 Å². The molecule has 1 saturated heterocycles. The van der Waals surface area contributed by atoms with Crippen molar-refractivity contribution < 1.29 is 9.59 Å². The van der Waals surface area contributed by atoms with Crippen LogP contribution in [0.5, 0.6) is 0 Å². The van der Waals surface area contributed by atoms with Crippen LogP contribution in [0.2, 0.25) is 0 Å². The molecule has 29 heavy (non-hydrogen) atoms. The van der Waals surface area contributed by atoms with E-state index in [1.165, 1.54) is 12.4 Å². The van der Waals surface area contributed by atoms with E-state index >= 15 is 0 Å². The summed E-state index contributed by atoms with van der Waals surface area (Å²) in [7, 11) is 0. The molecule has 148 valence electrons. The largest absolute Gasteiger partial charge is 0.383 e. The summed E-state index contributed by atoms with van der Waals surface area (Å²) < 4.78 is 1.56. The van der Waals surface area contributed by atoms with E-state index in [2.05, 4.69) is 15.1 Å². The Hall–Kier alpha value is -3.55. The molecule has 3 heterocycles. The van der Waals surface area contributed by atoms with Crippen molar-refractivity contribution in [1.29, 1.82) is 0 Å². The molecule has 8 nitrogen and oxygen atoms in total. The molecular weight excluding hydrogens is 368 g/mol. The van der Waals surface area contributed by atoms with Crippen LogP contribution in [0.4, 0.5) is 5.82 Å². The van der Waals surface area contributed by atoms with Crippen LogP contribution in [0, 0.1) is 12.8 Å². The molecule has 1 fully saturated rings. The number of nitrogens with zero attached hydrogens (tertiary/aromatic N) is 5. The van der Waals surface area contributed by atoms with Crippen molar-refractivity contribution >= 4 is 17.5 Å². The molecule has 1 atom stereocenters. The fourth-order valence-electron chi connectivity index (χ4n) is 3.58. The Morgan fingerprint density at radius 3 is 2.62 bits per heavy atom. The molecule has 1 aliphatic rings. The molecule has 1 aromatic carbocycles. The molecule has 0 radical (unpaired) electrons. The predicted octanol–water partition coefficient (Wildman–Crippen LogP) is 2.29. The second kappa shape index (κ2) is 7.83. The van der Waals surface area contributed by atoms with E-state index in [9.17, 15) is 9.59 Å². The number of anilines is 1. The van der Waals surface area contributed by atoms with Gasteiger partial charge in [0.15, 0.2) is 5.78 Å². The maximum absolute atomic E-state index is 13.1. The number of para-hydroxylation sites is 1. The average Bonchev–Trinajstić information content (AvgIpc) is 3.15. The number of carbonyl (C=O) groups is 2. The first kappa shape index (κ1) is 18.8. The third-order valence-electron chi connectivity index (χ3n) is 5.15.